The Kier molecular flexibility index (Phi) is 13.3. The molecule has 16 heteroatoms. The third-order valence-corrected chi connectivity index (χ3v) is 17.3. The number of anilines is 1. The highest BCUT2D eigenvalue weighted by Crippen LogP contribution is 2.48. The number of hydrogen-bond acceptors (Lipinski definition) is 11. The van der Waals surface area contributed by atoms with Crippen LogP contribution in [0.2, 0.25) is 5.04 Å². The number of aromatic nitrogens is 5. The van der Waals surface area contributed by atoms with Crippen molar-refractivity contribution < 1.29 is 36.9 Å². The van der Waals surface area contributed by atoms with Crippen molar-refractivity contribution in [2.75, 3.05) is 31.5 Å². The van der Waals surface area contributed by atoms with Crippen LogP contribution in [0.5, 0.6) is 0 Å². The van der Waals surface area contributed by atoms with Crippen LogP contribution >= 0.6 is 11.8 Å². The molecule has 0 unspecified atom stereocenters. The summed E-state index contributed by atoms with van der Waals surface area (Å²) in [6.07, 6.45) is -0.635. The monoisotopic (exact) mass is 874 g/mol. The average molecular weight is 875 g/mol. The van der Waals surface area contributed by atoms with Crippen LogP contribution < -0.4 is 15.3 Å². The Morgan fingerprint density at radius 3 is 2.16 bits per heavy atom. The molecule has 1 amide bonds. The van der Waals surface area contributed by atoms with Crippen LogP contribution in [0.4, 0.5) is 19.4 Å². The van der Waals surface area contributed by atoms with Crippen LogP contribution in [0.1, 0.15) is 85.3 Å². The number of fused-ring (bicyclic) bond motifs is 1. The van der Waals surface area contributed by atoms with E-state index in [0.717, 1.165) is 22.9 Å². The predicted molar refractivity (Wildman–Crippen MR) is 234 cm³/mol. The molecule has 3 heterocycles. The second-order valence-corrected chi connectivity index (χ2v) is 23.0. The van der Waals surface area contributed by atoms with Gasteiger partial charge in [-0.3, -0.25) is 4.90 Å². The minimum absolute atomic E-state index is 0.202. The summed E-state index contributed by atoms with van der Waals surface area (Å²) in [7, 11) is 0.164. The average Bonchev–Trinajstić information content (AvgIpc) is 3.69. The highest BCUT2D eigenvalue weighted by Gasteiger charge is 2.53. The second-order valence-electron chi connectivity index (χ2n) is 17.6. The van der Waals surface area contributed by atoms with Gasteiger partial charge in [0, 0.05) is 38.4 Å². The van der Waals surface area contributed by atoms with Crippen molar-refractivity contribution in [2.45, 2.75) is 120 Å². The predicted octanol–water partition coefficient (Wildman–Crippen LogP) is 8.19. The molecule has 0 radical (unpaired) electrons. The molecule has 2 fully saturated rings. The van der Waals surface area contributed by atoms with Gasteiger partial charge in [0.15, 0.2) is 40.1 Å². The maximum Gasteiger partial charge on any atom is 0.416 e. The van der Waals surface area contributed by atoms with Gasteiger partial charge < -0.3 is 23.4 Å². The number of ether oxygens (including phenoxy) is 4. The molecule has 12 nitrogen and oxygen atoms in total. The van der Waals surface area contributed by atoms with Gasteiger partial charge in [0.1, 0.15) is 17.8 Å². The molecule has 5 aromatic rings. The third kappa shape index (κ3) is 9.25. The Bertz CT molecular complexity index is 2250. The van der Waals surface area contributed by atoms with E-state index in [2.05, 4.69) is 81.3 Å². The van der Waals surface area contributed by atoms with E-state index in [1.807, 2.05) is 12.1 Å². The lowest BCUT2D eigenvalue weighted by atomic mass is 10.1. The molecular weight excluding hydrogens is 819 g/mol. The SMILES string of the molecule is CCCSc1nc(N(C(=O)OC(C)(C)C)[C@@H]2C[C@H]2c2ccc(F)c(F)c2)c2nnn([C@@H]3C[C@H](C(OC)OC)O[C@H]3CO[Si](c3ccccc3)(c3ccccc3)C(C)(C)C)c2n1. The van der Waals surface area contributed by atoms with E-state index in [0.29, 0.717) is 35.0 Å². The maximum atomic E-state index is 14.5. The number of nitrogens with zero attached hydrogens (tertiary/aromatic N) is 6. The topological polar surface area (TPSA) is 123 Å². The maximum absolute atomic E-state index is 14.5. The molecule has 7 rings (SSSR count). The zero-order valence-electron chi connectivity index (χ0n) is 36.3. The molecule has 3 aromatic carbocycles. The summed E-state index contributed by atoms with van der Waals surface area (Å²) >= 11 is 1.45. The fourth-order valence-corrected chi connectivity index (χ4v) is 13.7. The minimum Gasteiger partial charge on any atom is -0.443 e. The molecule has 0 N–H and O–H groups in total. The van der Waals surface area contributed by atoms with Crippen molar-refractivity contribution in [3.8, 4) is 0 Å². The number of halogens is 2. The Balaban J connectivity index is 1.33. The molecule has 1 aliphatic carbocycles. The van der Waals surface area contributed by atoms with Crippen LogP contribution in [0.3, 0.4) is 0 Å². The number of carbonyl (C=O) groups excluding carboxylic acids is 1. The molecule has 2 aromatic heterocycles. The molecule has 1 saturated carbocycles. The van der Waals surface area contributed by atoms with Crippen molar-refractivity contribution in [1.82, 2.24) is 25.0 Å². The fourth-order valence-electron chi connectivity index (χ4n) is 8.42. The quantitative estimate of drug-likeness (QED) is 0.0438. The largest absolute Gasteiger partial charge is 0.443 e. The number of hydrogen-bond donors (Lipinski definition) is 0. The number of amides is 1. The lowest BCUT2D eigenvalue weighted by molar-refractivity contribution is -0.178. The number of benzene rings is 3. The Morgan fingerprint density at radius 1 is 0.934 bits per heavy atom. The molecular formula is C45H56F2N6O6SSi. The van der Waals surface area contributed by atoms with E-state index in [-0.39, 0.29) is 28.9 Å². The van der Waals surface area contributed by atoms with E-state index in [9.17, 15) is 13.6 Å². The van der Waals surface area contributed by atoms with E-state index in [1.54, 1.807) is 45.7 Å². The Hall–Kier alpha value is -4.32. The van der Waals surface area contributed by atoms with Gasteiger partial charge in [-0.05, 0) is 66.7 Å². The molecule has 0 bridgehead atoms. The molecule has 1 saturated heterocycles. The molecule has 2 aliphatic rings. The van der Waals surface area contributed by atoms with E-state index >= 15 is 0 Å². The zero-order chi connectivity index (χ0) is 43.7. The van der Waals surface area contributed by atoms with Gasteiger partial charge >= 0.3 is 6.09 Å². The van der Waals surface area contributed by atoms with Crippen molar-refractivity contribution in [2.24, 2.45) is 0 Å². The Morgan fingerprint density at radius 2 is 1.59 bits per heavy atom. The number of methoxy groups -OCH3 is 2. The summed E-state index contributed by atoms with van der Waals surface area (Å²) in [4.78, 5) is 25.7. The molecule has 0 spiro atoms. The van der Waals surface area contributed by atoms with E-state index in [1.165, 1.54) is 22.7 Å². The highest BCUT2D eigenvalue weighted by molar-refractivity contribution is 7.99. The van der Waals surface area contributed by atoms with Gasteiger partial charge in [-0.15, -0.1) is 5.10 Å². The molecule has 61 heavy (non-hydrogen) atoms. The fraction of sp³-hybridized carbons (Fsp3) is 0.489. The zero-order valence-corrected chi connectivity index (χ0v) is 38.1. The summed E-state index contributed by atoms with van der Waals surface area (Å²) in [6, 6.07) is 23.7. The van der Waals surface area contributed by atoms with Crippen LogP contribution in [0, 0.1) is 11.6 Å². The highest BCUT2D eigenvalue weighted by atomic mass is 32.2. The summed E-state index contributed by atoms with van der Waals surface area (Å²) in [6.45, 7) is 14.3. The minimum atomic E-state index is -3.00. The van der Waals surface area contributed by atoms with Crippen molar-refractivity contribution in [3.05, 3.63) is 96.1 Å². The second kappa shape index (κ2) is 18.2. The summed E-state index contributed by atoms with van der Waals surface area (Å²) < 4.78 is 61.9. The van der Waals surface area contributed by atoms with Crippen molar-refractivity contribution in [3.63, 3.8) is 0 Å². The summed E-state index contributed by atoms with van der Waals surface area (Å²) in [5, 5.41) is 11.8. The molecule has 5 atom stereocenters. The molecule has 326 valence electrons. The Labute approximate surface area is 361 Å². The third-order valence-electron chi connectivity index (χ3n) is 11.2. The lowest BCUT2D eigenvalue weighted by Crippen LogP contribution is -2.67. The molecule has 1 aliphatic heterocycles. The van der Waals surface area contributed by atoms with Gasteiger partial charge in [-0.25, -0.2) is 28.2 Å². The van der Waals surface area contributed by atoms with Gasteiger partial charge in [-0.1, -0.05) is 111 Å². The van der Waals surface area contributed by atoms with Crippen LogP contribution in [0.15, 0.2) is 84.0 Å². The lowest BCUT2D eigenvalue weighted by Gasteiger charge is -2.43. The van der Waals surface area contributed by atoms with Gasteiger partial charge in [0.25, 0.3) is 8.32 Å². The van der Waals surface area contributed by atoms with Crippen molar-refractivity contribution in [1.29, 1.82) is 0 Å². The number of thioether (sulfide) groups is 1. The van der Waals surface area contributed by atoms with Crippen molar-refractivity contribution >= 4 is 53.5 Å². The normalized spacial score (nSPS) is 20.7. The van der Waals surface area contributed by atoms with Gasteiger partial charge in [0.2, 0.25) is 0 Å². The first kappa shape index (κ1) is 44.7. The smallest absolute Gasteiger partial charge is 0.416 e. The van der Waals surface area contributed by atoms with Gasteiger partial charge in [-0.2, -0.15) is 0 Å². The van der Waals surface area contributed by atoms with Crippen LogP contribution in [-0.2, 0) is 23.4 Å². The van der Waals surface area contributed by atoms with Gasteiger partial charge in [0.05, 0.1) is 12.6 Å². The number of carbonyl (C=O) groups is 1. The standard InChI is InChI=1S/C45H56F2N6O6SSi/c1-10-23-60-42-48-39(52(43(54)59-44(2,3)4)34-25-31(34)28-21-22-32(46)33(47)24-28)38-40(49-42)53(51-50-38)35-26-36(41(55-8)56-9)58-37(35)27-57-61(45(5,6)7,29-17-13-11-14-18-29)30-19-15-12-16-20-30/h11-22,24,31,34-37,41H,10,23,25-27H2,1-9H3/t31-,34+,35+,36+,37-/m0/s1. The summed E-state index contributed by atoms with van der Waals surface area (Å²) in [5.74, 6) is -1.25. The first-order valence-electron chi connectivity index (χ1n) is 20.8. The van der Waals surface area contributed by atoms with Crippen LogP contribution in [0.25, 0.3) is 11.2 Å². The first-order valence-corrected chi connectivity index (χ1v) is 23.7. The number of rotatable bonds is 15. The first-order chi connectivity index (χ1) is 29.1. The van der Waals surface area contributed by atoms with E-state index < -0.39 is 62.2 Å². The summed E-state index contributed by atoms with van der Waals surface area (Å²) in [5.41, 5.74) is 0.403. The van der Waals surface area contributed by atoms with Crippen LogP contribution in [-0.4, -0.2) is 96.1 Å². The van der Waals surface area contributed by atoms with E-state index in [4.69, 9.17) is 38.6 Å².